The highest BCUT2D eigenvalue weighted by molar-refractivity contribution is 5.85. The third-order valence-corrected chi connectivity index (χ3v) is 8.41. The summed E-state index contributed by atoms with van der Waals surface area (Å²) in [4.78, 5) is 66.8. The minimum atomic E-state index is -0.627. The molecule has 2 aliphatic rings. The minimum Gasteiger partial charge on any atom is -0.444 e. The SMILES string of the molecule is C#CCCC(=O)N1CCN(C(=O)OC(C)(C)C)C(CNC(=O)Cc2ccccc2)C1.CC(C)(C)OC(=O)N1CCNCC1CNC(=O)Cc1ccccc1.Cl. The van der Waals surface area contributed by atoms with E-state index in [9.17, 15) is 24.0 Å². The maximum atomic E-state index is 12.7. The first kappa shape index (κ1) is 46.4. The summed E-state index contributed by atoms with van der Waals surface area (Å²) in [5.41, 5.74) is 0.732. The number of hydrogen-bond donors (Lipinski definition) is 3. The average molecular weight is 783 g/mol. The molecule has 2 atom stereocenters. The third kappa shape index (κ3) is 17.5. The number of amides is 5. The van der Waals surface area contributed by atoms with Gasteiger partial charge in [0.05, 0.1) is 24.9 Å². The van der Waals surface area contributed by atoms with Crippen LogP contribution in [0.3, 0.4) is 0 Å². The van der Waals surface area contributed by atoms with Crippen LogP contribution < -0.4 is 16.0 Å². The van der Waals surface area contributed by atoms with Gasteiger partial charge in [0, 0.05) is 65.2 Å². The Balaban J connectivity index is 0.000000382. The molecule has 0 bridgehead atoms. The smallest absolute Gasteiger partial charge is 0.410 e. The van der Waals surface area contributed by atoms with Crippen molar-refractivity contribution in [2.24, 2.45) is 0 Å². The zero-order valence-electron chi connectivity index (χ0n) is 33.1. The summed E-state index contributed by atoms with van der Waals surface area (Å²) < 4.78 is 11.0. The van der Waals surface area contributed by atoms with Crippen LogP contribution in [0, 0.1) is 12.3 Å². The van der Waals surface area contributed by atoms with E-state index in [-0.39, 0.29) is 67.7 Å². The molecule has 2 aromatic rings. The monoisotopic (exact) mass is 782 g/mol. The molecule has 302 valence electrons. The van der Waals surface area contributed by atoms with Gasteiger partial charge in [-0.3, -0.25) is 19.3 Å². The van der Waals surface area contributed by atoms with Crippen LogP contribution in [-0.2, 0) is 36.7 Å². The van der Waals surface area contributed by atoms with Gasteiger partial charge in [0.1, 0.15) is 11.2 Å². The van der Waals surface area contributed by atoms with Crippen LogP contribution in [-0.4, -0.2) is 120 Å². The van der Waals surface area contributed by atoms with Gasteiger partial charge in [-0.25, -0.2) is 9.59 Å². The van der Waals surface area contributed by atoms with E-state index >= 15 is 0 Å². The first-order chi connectivity index (χ1) is 25.5. The zero-order chi connectivity index (χ0) is 39.7. The maximum Gasteiger partial charge on any atom is 0.410 e. The van der Waals surface area contributed by atoms with Gasteiger partial charge in [0.15, 0.2) is 0 Å². The van der Waals surface area contributed by atoms with Crippen molar-refractivity contribution in [1.82, 2.24) is 30.7 Å². The highest BCUT2D eigenvalue weighted by Crippen LogP contribution is 2.17. The van der Waals surface area contributed by atoms with Gasteiger partial charge in [-0.2, -0.15) is 0 Å². The molecule has 2 heterocycles. The molecule has 2 unspecified atom stereocenters. The maximum absolute atomic E-state index is 12.7. The van der Waals surface area contributed by atoms with E-state index in [2.05, 4.69) is 21.9 Å². The normalized spacial score (nSPS) is 16.9. The number of ether oxygens (including phenoxy) is 2. The van der Waals surface area contributed by atoms with Crippen molar-refractivity contribution in [3.8, 4) is 12.3 Å². The van der Waals surface area contributed by atoms with Crippen LogP contribution in [0.4, 0.5) is 9.59 Å². The Kier molecular flexibility index (Phi) is 19.0. The van der Waals surface area contributed by atoms with Crippen LogP contribution in [0.2, 0.25) is 0 Å². The quantitative estimate of drug-likeness (QED) is 0.304. The van der Waals surface area contributed by atoms with Crippen molar-refractivity contribution in [3.05, 3.63) is 71.8 Å². The first-order valence-corrected chi connectivity index (χ1v) is 18.6. The number of carbonyl (C=O) groups excluding carboxylic acids is 5. The molecule has 0 spiro atoms. The van der Waals surface area contributed by atoms with Crippen molar-refractivity contribution in [2.45, 2.75) is 90.5 Å². The Hall–Kier alpha value is -4.80. The molecular formula is C41H59ClN6O7. The lowest BCUT2D eigenvalue weighted by Gasteiger charge is -2.41. The Morgan fingerprint density at radius 1 is 0.745 bits per heavy atom. The first-order valence-electron chi connectivity index (χ1n) is 18.6. The zero-order valence-corrected chi connectivity index (χ0v) is 33.9. The van der Waals surface area contributed by atoms with Gasteiger partial charge in [-0.05, 0) is 52.7 Å². The highest BCUT2D eigenvalue weighted by atomic mass is 35.5. The van der Waals surface area contributed by atoms with Crippen LogP contribution in [0.15, 0.2) is 60.7 Å². The minimum absolute atomic E-state index is 0. The lowest BCUT2D eigenvalue weighted by atomic mass is 10.1. The molecule has 2 aliphatic heterocycles. The summed E-state index contributed by atoms with van der Waals surface area (Å²) in [5.74, 6) is 2.25. The fraction of sp³-hybridized carbons (Fsp3) is 0.537. The Morgan fingerprint density at radius 3 is 1.69 bits per heavy atom. The van der Waals surface area contributed by atoms with E-state index in [1.165, 1.54) is 0 Å². The molecular weight excluding hydrogens is 724 g/mol. The second-order valence-corrected chi connectivity index (χ2v) is 15.3. The van der Waals surface area contributed by atoms with Crippen LogP contribution in [0.1, 0.15) is 65.5 Å². The molecule has 14 heteroatoms. The number of nitrogens with one attached hydrogen (secondary N) is 3. The average Bonchev–Trinajstić information content (AvgIpc) is 3.12. The predicted molar refractivity (Wildman–Crippen MR) is 215 cm³/mol. The molecule has 5 amide bonds. The largest absolute Gasteiger partial charge is 0.444 e. The molecule has 2 saturated heterocycles. The molecule has 55 heavy (non-hydrogen) atoms. The van der Waals surface area contributed by atoms with Crippen LogP contribution in [0.5, 0.6) is 0 Å². The number of hydrogen-bond acceptors (Lipinski definition) is 8. The fourth-order valence-corrected chi connectivity index (χ4v) is 5.81. The summed E-state index contributed by atoms with van der Waals surface area (Å²) in [6.45, 7) is 14.7. The molecule has 0 radical (unpaired) electrons. The van der Waals surface area contributed by atoms with Crippen molar-refractivity contribution < 1.29 is 33.4 Å². The topological polar surface area (TPSA) is 150 Å². The van der Waals surface area contributed by atoms with E-state index in [0.29, 0.717) is 52.1 Å². The molecule has 0 aliphatic carbocycles. The van der Waals surface area contributed by atoms with Gasteiger partial charge in [0.2, 0.25) is 17.7 Å². The summed E-state index contributed by atoms with van der Waals surface area (Å²) in [6.07, 6.45) is 5.74. The van der Waals surface area contributed by atoms with Crippen molar-refractivity contribution >= 4 is 42.3 Å². The highest BCUT2D eigenvalue weighted by Gasteiger charge is 2.35. The Bertz CT molecular complexity index is 1570. The molecule has 13 nitrogen and oxygen atoms in total. The molecule has 4 rings (SSSR count). The summed E-state index contributed by atoms with van der Waals surface area (Å²) in [7, 11) is 0. The summed E-state index contributed by atoms with van der Waals surface area (Å²) >= 11 is 0. The second kappa shape index (κ2) is 22.5. The summed E-state index contributed by atoms with van der Waals surface area (Å²) in [5, 5.41) is 9.07. The van der Waals surface area contributed by atoms with E-state index in [1.54, 1.807) is 35.5 Å². The van der Waals surface area contributed by atoms with E-state index < -0.39 is 17.3 Å². The molecule has 0 aromatic heterocycles. The third-order valence-electron chi connectivity index (χ3n) is 8.41. The van der Waals surface area contributed by atoms with Gasteiger partial charge < -0.3 is 35.2 Å². The molecule has 0 saturated carbocycles. The lowest BCUT2D eigenvalue weighted by Crippen LogP contribution is -2.60. The van der Waals surface area contributed by atoms with Gasteiger partial charge in [-0.15, -0.1) is 24.8 Å². The van der Waals surface area contributed by atoms with E-state index in [4.69, 9.17) is 15.9 Å². The van der Waals surface area contributed by atoms with Gasteiger partial charge >= 0.3 is 12.2 Å². The second-order valence-electron chi connectivity index (χ2n) is 15.3. The molecule has 2 aromatic carbocycles. The van der Waals surface area contributed by atoms with Crippen molar-refractivity contribution in [2.75, 3.05) is 52.4 Å². The predicted octanol–water partition coefficient (Wildman–Crippen LogP) is 4.18. The fourth-order valence-electron chi connectivity index (χ4n) is 5.81. The standard InChI is InChI=1S/C23H31N3O4.C18H27N3O3.ClH/c1-5-6-12-21(28)25-13-14-26(22(29)30-23(2,3)4)19(17-25)16-24-20(27)15-18-10-8-7-9-11-18;1-18(2,3)24-17(23)21-10-9-19-12-15(21)13-20-16(22)11-14-7-5-4-6-8-14;/h1,7-11,19H,6,12-17H2,2-4H3,(H,24,27);4-8,15,19H,9-13H2,1-3H3,(H,20,22);1H. The molecule has 2 fully saturated rings. The molecule has 3 N–H and O–H groups in total. The van der Waals surface area contributed by atoms with E-state index in [0.717, 1.165) is 17.7 Å². The van der Waals surface area contributed by atoms with Crippen molar-refractivity contribution in [1.29, 1.82) is 0 Å². The number of piperazine rings is 2. The van der Waals surface area contributed by atoms with Gasteiger partial charge in [0.25, 0.3) is 0 Å². The number of rotatable bonds is 10. The summed E-state index contributed by atoms with van der Waals surface area (Å²) in [6, 6.07) is 18.6. The Labute approximate surface area is 332 Å². The van der Waals surface area contributed by atoms with Crippen LogP contribution >= 0.6 is 12.4 Å². The number of nitrogens with zero attached hydrogens (tertiary/aromatic N) is 3. The van der Waals surface area contributed by atoms with E-state index in [1.807, 2.05) is 81.4 Å². The Morgan fingerprint density at radius 2 is 1.22 bits per heavy atom. The number of benzene rings is 2. The number of terminal acetylenes is 1. The number of carbonyl (C=O) groups is 5. The number of halogens is 1. The van der Waals surface area contributed by atoms with Crippen molar-refractivity contribution in [3.63, 3.8) is 0 Å². The van der Waals surface area contributed by atoms with Gasteiger partial charge in [-0.1, -0.05) is 60.7 Å². The lowest BCUT2D eigenvalue weighted by molar-refractivity contribution is -0.134. The van der Waals surface area contributed by atoms with Crippen LogP contribution in [0.25, 0.3) is 0 Å².